The smallest absolute Gasteiger partial charge is 0.416 e. The highest BCUT2D eigenvalue weighted by Crippen LogP contribution is 2.32. The molecule has 1 N–H and O–H groups in total. The Bertz CT molecular complexity index is 516. The minimum atomic E-state index is -4.32. The molecule has 1 aliphatic heterocycles. The van der Waals surface area contributed by atoms with E-state index in [1.807, 2.05) is 4.90 Å². The van der Waals surface area contributed by atoms with Gasteiger partial charge in [-0.3, -0.25) is 4.79 Å². The molecule has 1 unspecified atom stereocenters. The van der Waals surface area contributed by atoms with Crippen LogP contribution in [0.3, 0.4) is 0 Å². The Hall–Kier alpha value is -1.56. The van der Waals surface area contributed by atoms with Gasteiger partial charge in [0.2, 0.25) is 0 Å². The zero-order valence-electron chi connectivity index (χ0n) is 12.3. The van der Waals surface area contributed by atoms with Crippen molar-refractivity contribution in [2.75, 3.05) is 19.6 Å². The third-order valence-corrected chi connectivity index (χ3v) is 4.10. The van der Waals surface area contributed by atoms with Gasteiger partial charge >= 0.3 is 12.1 Å². The summed E-state index contributed by atoms with van der Waals surface area (Å²) < 4.78 is 38.7. The number of nitrogens with zero attached hydrogens (tertiary/aromatic N) is 1. The van der Waals surface area contributed by atoms with Crippen molar-refractivity contribution in [1.82, 2.24) is 4.90 Å². The lowest BCUT2D eigenvalue weighted by atomic mass is 9.97. The maximum atomic E-state index is 12.9. The van der Waals surface area contributed by atoms with Crippen LogP contribution in [0.15, 0.2) is 24.3 Å². The van der Waals surface area contributed by atoms with Crippen molar-refractivity contribution >= 4 is 5.97 Å². The van der Waals surface area contributed by atoms with Crippen LogP contribution in [0, 0.1) is 5.92 Å². The van der Waals surface area contributed by atoms with Crippen molar-refractivity contribution < 1.29 is 23.1 Å². The summed E-state index contributed by atoms with van der Waals surface area (Å²) in [6, 6.07) is 5.64. The van der Waals surface area contributed by atoms with Crippen LogP contribution in [-0.2, 0) is 17.4 Å². The molecule has 0 spiro atoms. The number of rotatable bonds is 5. The monoisotopic (exact) mass is 315 g/mol. The van der Waals surface area contributed by atoms with Crippen LogP contribution in [0.4, 0.5) is 13.2 Å². The normalized spacial score (nSPS) is 20.0. The number of likely N-dealkylation sites (tertiary alicyclic amines) is 1. The average Bonchev–Trinajstić information content (AvgIpc) is 2.47. The summed E-state index contributed by atoms with van der Waals surface area (Å²) in [4.78, 5) is 13.0. The Morgan fingerprint density at radius 1 is 1.32 bits per heavy atom. The van der Waals surface area contributed by atoms with Gasteiger partial charge in [0.05, 0.1) is 11.5 Å². The third kappa shape index (κ3) is 4.47. The first-order valence-electron chi connectivity index (χ1n) is 7.48. The number of hydrogen-bond acceptors (Lipinski definition) is 2. The van der Waals surface area contributed by atoms with E-state index in [9.17, 15) is 18.0 Å². The topological polar surface area (TPSA) is 40.5 Å². The molecular weight excluding hydrogens is 295 g/mol. The number of aryl methyl sites for hydroxylation is 1. The fourth-order valence-electron chi connectivity index (χ4n) is 2.97. The lowest BCUT2D eigenvalue weighted by molar-refractivity contribution is -0.143. The molecular formula is C16H20F3NO2. The van der Waals surface area contributed by atoms with Gasteiger partial charge in [-0.15, -0.1) is 0 Å². The van der Waals surface area contributed by atoms with Crippen molar-refractivity contribution in [2.45, 2.75) is 31.9 Å². The molecule has 1 aliphatic rings. The molecule has 122 valence electrons. The molecule has 1 fully saturated rings. The molecule has 0 bridgehead atoms. The quantitative estimate of drug-likeness (QED) is 0.905. The van der Waals surface area contributed by atoms with Crippen LogP contribution in [0.25, 0.3) is 0 Å². The molecule has 1 heterocycles. The molecule has 0 amide bonds. The van der Waals surface area contributed by atoms with E-state index in [0.29, 0.717) is 37.9 Å². The summed E-state index contributed by atoms with van der Waals surface area (Å²) in [6.45, 7) is 1.96. The molecule has 6 heteroatoms. The number of aliphatic carboxylic acids is 1. The first kappa shape index (κ1) is 16.8. The van der Waals surface area contributed by atoms with E-state index in [-0.39, 0.29) is 5.92 Å². The average molecular weight is 315 g/mol. The summed E-state index contributed by atoms with van der Waals surface area (Å²) in [7, 11) is 0. The summed E-state index contributed by atoms with van der Waals surface area (Å²) in [6.07, 6.45) is -1.86. The van der Waals surface area contributed by atoms with Gasteiger partial charge in [-0.25, -0.2) is 0 Å². The number of piperidine rings is 1. The minimum absolute atomic E-state index is 0.307. The molecule has 0 aliphatic carbocycles. The molecule has 3 nitrogen and oxygen atoms in total. The molecule has 1 saturated heterocycles. The summed E-state index contributed by atoms with van der Waals surface area (Å²) >= 11 is 0. The molecule has 0 saturated carbocycles. The number of alkyl halides is 3. The SMILES string of the molecule is O=C(O)C1CCCN(CCCc2ccccc2C(F)(F)F)C1. The fourth-order valence-corrected chi connectivity index (χ4v) is 2.97. The number of benzene rings is 1. The number of carboxylic acid groups (broad SMARTS) is 1. The highest BCUT2D eigenvalue weighted by Gasteiger charge is 2.32. The van der Waals surface area contributed by atoms with Crippen LogP contribution in [0.1, 0.15) is 30.4 Å². The Balaban J connectivity index is 1.88. The van der Waals surface area contributed by atoms with E-state index in [0.717, 1.165) is 19.0 Å². The Morgan fingerprint density at radius 3 is 2.73 bits per heavy atom. The molecule has 0 radical (unpaired) electrons. The lowest BCUT2D eigenvalue weighted by Gasteiger charge is -2.30. The predicted molar refractivity (Wildman–Crippen MR) is 76.6 cm³/mol. The first-order valence-corrected chi connectivity index (χ1v) is 7.48. The zero-order chi connectivity index (χ0) is 16.2. The molecule has 1 aromatic carbocycles. The lowest BCUT2D eigenvalue weighted by Crippen LogP contribution is -2.39. The van der Waals surface area contributed by atoms with E-state index < -0.39 is 17.7 Å². The van der Waals surface area contributed by atoms with Gasteiger partial charge in [-0.2, -0.15) is 13.2 Å². The second-order valence-corrected chi connectivity index (χ2v) is 5.74. The van der Waals surface area contributed by atoms with E-state index in [2.05, 4.69) is 0 Å². The summed E-state index contributed by atoms with van der Waals surface area (Å²) in [5, 5.41) is 9.03. The van der Waals surface area contributed by atoms with E-state index in [1.54, 1.807) is 6.07 Å². The van der Waals surface area contributed by atoms with Crippen molar-refractivity contribution in [3.63, 3.8) is 0 Å². The van der Waals surface area contributed by atoms with Crippen LogP contribution in [0.5, 0.6) is 0 Å². The summed E-state index contributed by atoms with van der Waals surface area (Å²) in [5.74, 6) is -1.14. The number of hydrogen-bond donors (Lipinski definition) is 1. The zero-order valence-corrected chi connectivity index (χ0v) is 12.3. The van der Waals surface area contributed by atoms with Gasteiger partial charge in [0, 0.05) is 6.54 Å². The molecule has 1 atom stereocenters. The maximum absolute atomic E-state index is 12.9. The second kappa shape index (κ2) is 7.13. The number of halogens is 3. The summed E-state index contributed by atoms with van der Waals surface area (Å²) in [5.41, 5.74) is -0.265. The Labute approximate surface area is 127 Å². The molecule has 2 rings (SSSR count). The highest BCUT2D eigenvalue weighted by atomic mass is 19.4. The van der Waals surface area contributed by atoms with Gasteiger partial charge in [-0.05, 0) is 50.4 Å². The Kier molecular flexibility index (Phi) is 5.45. The predicted octanol–water partition coefficient (Wildman–Crippen LogP) is 3.43. The van der Waals surface area contributed by atoms with Gasteiger partial charge in [0.25, 0.3) is 0 Å². The van der Waals surface area contributed by atoms with Gasteiger partial charge in [-0.1, -0.05) is 18.2 Å². The standard InChI is InChI=1S/C16H20F3NO2/c17-16(18,19)14-8-2-1-5-12(14)6-3-9-20-10-4-7-13(11-20)15(21)22/h1-2,5,8,13H,3-4,6-7,9-11H2,(H,21,22). The van der Waals surface area contributed by atoms with Crippen LogP contribution >= 0.6 is 0 Å². The van der Waals surface area contributed by atoms with Crippen LogP contribution in [-0.4, -0.2) is 35.6 Å². The van der Waals surface area contributed by atoms with Crippen LogP contribution in [0.2, 0.25) is 0 Å². The first-order chi connectivity index (χ1) is 10.4. The minimum Gasteiger partial charge on any atom is -0.481 e. The highest BCUT2D eigenvalue weighted by molar-refractivity contribution is 5.70. The second-order valence-electron chi connectivity index (χ2n) is 5.74. The van der Waals surface area contributed by atoms with E-state index in [1.165, 1.54) is 12.1 Å². The van der Waals surface area contributed by atoms with Crippen molar-refractivity contribution in [1.29, 1.82) is 0 Å². The maximum Gasteiger partial charge on any atom is 0.416 e. The van der Waals surface area contributed by atoms with Gasteiger partial charge in [0.1, 0.15) is 0 Å². The third-order valence-electron chi connectivity index (χ3n) is 4.10. The number of carboxylic acids is 1. The van der Waals surface area contributed by atoms with E-state index >= 15 is 0 Å². The van der Waals surface area contributed by atoms with Crippen molar-refractivity contribution in [2.24, 2.45) is 5.92 Å². The Morgan fingerprint density at radius 2 is 2.05 bits per heavy atom. The molecule has 1 aromatic rings. The van der Waals surface area contributed by atoms with Crippen molar-refractivity contribution in [3.05, 3.63) is 35.4 Å². The van der Waals surface area contributed by atoms with Gasteiger partial charge < -0.3 is 10.0 Å². The largest absolute Gasteiger partial charge is 0.481 e. The van der Waals surface area contributed by atoms with Crippen molar-refractivity contribution in [3.8, 4) is 0 Å². The molecule has 0 aromatic heterocycles. The molecule has 22 heavy (non-hydrogen) atoms. The fraction of sp³-hybridized carbons (Fsp3) is 0.562. The van der Waals surface area contributed by atoms with Gasteiger partial charge in [0.15, 0.2) is 0 Å². The number of carbonyl (C=O) groups is 1. The van der Waals surface area contributed by atoms with Crippen LogP contribution < -0.4 is 0 Å². The van der Waals surface area contributed by atoms with E-state index in [4.69, 9.17) is 5.11 Å².